The van der Waals surface area contributed by atoms with E-state index >= 15 is 0 Å². The van der Waals surface area contributed by atoms with Crippen LogP contribution in [0.3, 0.4) is 0 Å². The largest absolute Gasteiger partial charge is 0.341 e. The monoisotopic (exact) mass is 412 g/mol. The van der Waals surface area contributed by atoms with Gasteiger partial charge in [-0.1, -0.05) is 66.7 Å². The SMILES string of the molecule is O=C(NC(c1ccccc1)c1ccccc1)c1c[nH]c(=O)n(Cc2ccccn2)c1=O. The number of aromatic nitrogens is 3. The minimum absolute atomic E-state index is 0.0308. The lowest BCUT2D eigenvalue weighted by Gasteiger charge is -2.20. The molecule has 2 heterocycles. The van der Waals surface area contributed by atoms with Gasteiger partial charge in [0, 0.05) is 12.4 Å². The topological polar surface area (TPSA) is 96.8 Å². The van der Waals surface area contributed by atoms with Gasteiger partial charge in [-0.05, 0) is 23.3 Å². The van der Waals surface area contributed by atoms with Crippen LogP contribution in [0.5, 0.6) is 0 Å². The van der Waals surface area contributed by atoms with E-state index in [0.717, 1.165) is 21.9 Å². The molecular formula is C24H20N4O3. The van der Waals surface area contributed by atoms with Crippen molar-refractivity contribution in [2.75, 3.05) is 0 Å². The summed E-state index contributed by atoms with van der Waals surface area (Å²) in [5.74, 6) is -0.575. The summed E-state index contributed by atoms with van der Waals surface area (Å²) >= 11 is 0. The number of H-pyrrole nitrogens is 1. The van der Waals surface area contributed by atoms with Crippen LogP contribution in [0, 0.1) is 0 Å². The van der Waals surface area contributed by atoms with Crippen molar-refractivity contribution < 1.29 is 4.79 Å². The quantitative estimate of drug-likeness (QED) is 0.509. The number of nitrogens with zero attached hydrogens (tertiary/aromatic N) is 2. The minimum atomic E-state index is -0.674. The van der Waals surface area contributed by atoms with Crippen LogP contribution < -0.4 is 16.6 Å². The molecule has 0 radical (unpaired) electrons. The third-order valence-corrected chi connectivity index (χ3v) is 4.89. The number of aromatic amines is 1. The van der Waals surface area contributed by atoms with Crippen LogP contribution in [0.2, 0.25) is 0 Å². The molecular weight excluding hydrogens is 392 g/mol. The van der Waals surface area contributed by atoms with Crippen molar-refractivity contribution in [3.8, 4) is 0 Å². The molecule has 7 nitrogen and oxygen atoms in total. The average Bonchev–Trinajstić information content (AvgIpc) is 2.82. The Labute approximate surface area is 178 Å². The summed E-state index contributed by atoms with van der Waals surface area (Å²) in [7, 11) is 0. The van der Waals surface area contributed by atoms with Gasteiger partial charge in [-0.2, -0.15) is 0 Å². The number of carbonyl (C=O) groups is 1. The first kappa shape index (κ1) is 20.0. The molecule has 0 spiro atoms. The maximum atomic E-state index is 13.1. The Kier molecular flexibility index (Phi) is 5.84. The fourth-order valence-corrected chi connectivity index (χ4v) is 3.33. The summed E-state index contributed by atoms with van der Waals surface area (Å²) < 4.78 is 0.970. The molecule has 2 aromatic heterocycles. The van der Waals surface area contributed by atoms with E-state index in [1.807, 2.05) is 60.7 Å². The molecule has 1 amide bonds. The van der Waals surface area contributed by atoms with Crippen LogP contribution in [0.25, 0.3) is 0 Å². The second kappa shape index (κ2) is 9.04. The standard InChI is InChI=1S/C24H20N4O3/c29-22(27-21(17-9-3-1-4-10-17)18-11-5-2-6-12-18)20-15-26-24(31)28(23(20)30)16-19-13-7-8-14-25-19/h1-15,21H,16H2,(H,26,31)(H,27,29). The van der Waals surface area contributed by atoms with Crippen molar-refractivity contribution in [2.45, 2.75) is 12.6 Å². The molecule has 0 aliphatic rings. The fourth-order valence-electron chi connectivity index (χ4n) is 3.33. The molecule has 7 heteroatoms. The lowest BCUT2D eigenvalue weighted by molar-refractivity contribution is 0.0940. The van der Waals surface area contributed by atoms with Crippen LogP contribution in [-0.4, -0.2) is 20.4 Å². The van der Waals surface area contributed by atoms with Crippen LogP contribution in [0.4, 0.5) is 0 Å². The van der Waals surface area contributed by atoms with Crippen molar-refractivity contribution in [1.29, 1.82) is 0 Å². The van der Waals surface area contributed by atoms with Crippen LogP contribution in [0.15, 0.2) is 101 Å². The first-order chi connectivity index (χ1) is 15.1. The third-order valence-electron chi connectivity index (χ3n) is 4.89. The van der Waals surface area contributed by atoms with Gasteiger partial charge >= 0.3 is 5.69 Å². The van der Waals surface area contributed by atoms with E-state index in [1.165, 1.54) is 0 Å². The van der Waals surface area contributed by atoms with Gasteiger partial charge in [-0.25, -0.2) is 4.79 Å². The highest BCUT2D eigenvalue weighted by molar-refractivity contribution is 5.94. The Morgan fingerprint density at radius 1 is 0.903 bits per heavy atom. The molecule has 4 aromatic rings. The first-order valence-corrected chi connectivity index (χ1v) is 9.76. The molecule has 2 N–H and O–H groups in total. The summed E-state index contributed by atoms with van der Waals surface area (Å²) in [6, 6.07) is 23.7. The van der Waals surface area contributed by atoms with E-state index in [-0.39, 0.29) is 12.1 Å². The van der Waals surface area contributed by atoms with Crippen molar-refractivity contribution in [3.05, 3.63) is 134 Å². The summed E-state index contributed by atoms with van der Waals surface area (Å²) in [5, 5.41) is 2.93. The predicted molar refractivity (Wildman–Crippen MR) is 117 cm³/mol. The summed E-state index contributed by atoms with van der Waals surface area (Å²) in [6.45, 7) is -0.0308. The Balaban J connectivity index is 1.68. The Morgan fingerprint density at radius 3 is 2.10 bits per heavy atom. The maximum Gasteiger partial charge on any atom is 0.328 e. The molecule has 4 rings (SSSR count). The van der Waals surface area contributed by atoms with Crippen molar-refractivity contribution >= 4 is 5.91 Å². The second-order valence-corrected chi connectivity index (χ2v) is 6.95. The third kappa shape index (κ3) is 4.51. The van der Waals surface area contributed by atoms with Gasteiger partial charge in [0.1, 0.15) is 5.56 Å². The van der Waals surface area contributed by atoms with E-state index in [2.05, 4.69) is 15.3 Å². The highest BCUT2D eigenvalue weighted by atomic mass is 16.2. The molecule has 2 aromatic carbocycles. The second-order valence-electron chi connectivity index (χ2n) is 6.95. The van der Waals surface area contributed by atoms with Crippen LogP contribution in [0.1, 0.15) is 33.2 Å². The zero-order valence-corrected chi connectivity index (χ0v) is 16.6. The van der Waals surface area contributed by atoms with Gasteiger partial charge in [0.25, 0.3) is 11.5 Å². The molecule has 0 saturated carbocycles. The van der Waals surface area contributed by atoms with E-state index in [1.54, 1.807) is 24.4 Å². The zero-order chi connectivity index (χ0) is 21.6. The number of benzene rings is 2. The smallest absolute Gasteiger partial charge is 0.328 e. The van der Waals surface area contributed by atoms with Gasteiger partial charge < -0.3 is 10.3 Å². The molecule has 0 fully saturated rings. The molecule has 0 saturated heterocycles. The summed E-state index contributed by atoms with van der Waals surface area (Å²) in [6.07, 6.45) is 2.73. The van der Waals surface area contributed by atoms with Crippen molar-refractivity contribution in [3.63, 3.8) is 0 Å². The lowest BCUT2D eigenvalue weighted by atomic mass is 9.98. The van der Waals surface area contributed by atoms with E-state index < -0.39 is 23.2 Å². The van der Waals surface area contributed by atoms with E-state index in [0.29, 0.717) is 5.69 Å². The van der Waals surface area contributed by atoms with Crippen LogP contribution in [-0.2, 0) is 6.54 Å². The van der Waals surface area contributed by atoms with Crippen molar-refractivity contribution in [1.82, 2.24) is 19.9 Å². The Hall–Kier alpha value is -4.26. The molecule has 0 aliphatic carbocycles. The minimum Gasteiger partial charge on any atom is -0.341 e. The number of hydrogen-bond donors (Lipinski definition) is 2. The Bertz CT molecular complexity index is 1240. The molecule has 31 heavy (non-hydrogen) atoms. The number of nitrogens with one attached hydrogen (secondary N) is 2. The molecule has 0 bridgehead atoms. The highest BCUT2D eigenvalue weighted by Crippen LogP contribution is 2.22. The first-order valence-electron chi connectivity index (χ1n) is 9.76. The van der Waals surface area contributed by atoms with Gasteiger partial charge in [-0.3, -0.25) is 19.1 Å². The van der Waals surface area contributed by atoms with Gasteiger partial charge in [-0.15, -0.1) is 0 Å². The molecule has 0 aliphatic heterocycles. The molecule has 0 unspecified atom stereocenters. The maximum absolute atomic E-state index is 13.1. The lowest BCUT2D eigenvalue weighted by Crippen LogP contribution is -2.41. The Morgan fingerprint density at radius 2 is 1.52 bits per heavy atom. The number of hydrogen-bond acceptors (Lipinski definition) is 4. The summed E-state index contributed by atoms with van der Waals surface area (Å²) in [5.41, 5.74) is 0.869. The summed E-state index contributed by atoms with van der Waals surface area (Å²) in [4.78, 5) is 44.9. The normalized spacial score (nSPS) is 10.7. The molecule has 154 valence electrons. The number of rotatable bonds is 6. The van der Waals surface area contributed by atoms with E-state index in [4.69, 9.17) is 0 Å². The van der Waals surface area contributed by atoms with Gasteiger partial charge in [0.05, 0.1) is 18.3 Å². The number of carbonyl (C=O) groups excluding carboxylic acids is 1. The number of pyridine rings is 1. The predicted octanol–water partition coefficient (Wildman–Crippen LogP) is 2.50. The van der Waals surface area contributed by atoms with Crippen LogP contribution >= 0.6 is 0 Å². The highest BCUT2D eigenvalue weighted by Gasteiger charge is 2.21. The average molecular weight is 412 g/mol. The molecule has 0 atom stereocenters. The van der Waals surface area contributed by atoms with E-state index in [9.17, 15) is 14.4 Å². The van der Waals surface area contributed by atoms with Gasteiger partial charge in [0.15, 0.2) is 0 Å². The van der Waals surface area contributed by atoms with Crippen molar-refractivity contribution in [2.24, 2.45) is 0 Å². The fraction of sp³-hybridized carbons (Fsp3) is 0.0833. The van der Waals surface area contributed by atoms with Gasteiger partial charge in [0.2, 0.25) is 0 Å². The number of amides is 1. The zero-order valence-electron chi connectivity index (χ0n) is 16.6.